The first-order chi connectivity index (χ1) is 12.8. The number of hydrogen-bond donors (Lipinski definition) is 0. The van der Waals surface area contributed by atoms with E-state index in [-0.39, 0.29) is 0 Å². The highest BCUT2D eigenvalue weighted by Crippen LogP contribution is 2.40. The lowest BCUT2D eigenvalue weighted by molar-refractivity contribution is 0.962. The van der Waals surface area contributed by atoms with Crippen LogP contribution in [0.5, 0.6) is 0 Å². The average Bonchev–Trinajstić information content (AvgIpc) is 3.06. The molecule has 0 amide bonds. The smallest absolute Gasteiger partial charge is 0.0434 e. The number of benzene rings is 4. The lowest BCUT2D eigenvalue weighted by Crippen LogP contribution is -1.77. The van der Waals surface area contributed by atoms with Crippen molar-refractivity contribution in [1.29, 1.82) is 0 Å². The zero-order chi connectivity index (χ0) is 17.5. The van der Waals surface area contributed by atoms with Crippen molar-refractivity contribution in [3.63, 3.8) is 0 Å². The van der Waals surface area contributed by atoms with Crippen LogP contribution in [0.3, 0.4) is 0 Å². The van der Waals surface area contributed by atoms with Crippen LogP contribution in [0, 0.1) is 0 Å². The van der Waals surface area contributed by atoms with Crippen molar-refractivity contribution in [1.82, 2.24) is 0 Å². The summed E-state index contributed by atoms with van der Waals surface area (Å²) in [7, 11) is 0. The Bertz CT molecular complexity index is 1290. The van der Waals surface area contributed by atoms with E-state index in [1.54, 1.807) is 0 Å². The fourth-order valence-corrected chi connectivity index (χ4v) is 5.11. The highest BCUT2D eigenvalue weighted by Gasteiger charge is 2.10. The standard InChI is InChI=1S/C25H20S/c1-2-3-4-7-17-10-12-21-23-15-14-20-19-9-6-5-8-18(19)11-13-22(20)25(23)26-24(21)16-17/h4-16H,2-3H2,1H3. The maximum Gasteiger partial charge on any atom is 0.0434 e. The second-order valence-corrected chi connectivity index (χ2v) is 7.92. The molecule has 1 heterocycles. The van der Waals surface area contributed by atoms with E-state index in [1.165, 1.54) is 53.7 Å². The van der Waals surface area contributed by atoms with Crippen molar-refractivity contribution < 1.29 is 0 Å². The molecule has 26 heavy (non-hydrogen) atoms. The van der Waals surface area contributed by atoms with Crippen LogP contribution in [0.15, 0.2) is 72.8 Å². The summed E-state index contributed by atoms with van der Waals surface area (Å²) in [5, 5.41) is 8.11. The molecular weight excluding hydrogens is 332 g/mol. The highest BCUT2D eigenvalue weighted by molar-refractivity contribution is 7.26. The number of fused-ring (bicyclic) bond motifs is 7. The van der Waals surface area contributed by atoms with Crippen LogP contribution in [-0.2, 0) is 0 Å². The molecule has 0 atom stereocenters. The molecule has 0 spiro atoms. The summed E-state index contributed by atoms with van der Waals surface area (Å²) >= 11 is 1.92. The largest absolute Gasteiger partial charge is 0.135 e. The molecule has 0 aliphatic carbocycles. The van der Waals surface area contributed by atoms with Gasteiger partial charge in [0.25, 0.3) is 0 Å². The molecule has 126 valence electrons. The molecule has 0 aliphatic heterocycles. The lowest BCUT2D eigenvalue weighted by Gasteiger charge is -2.04. The number of thiophene rings is 1. The molecular formula is C25H20S. The van der Waals surface area contributed by atoms with E-state index in [2.05, 4.69) is 85.8 Å². The van der Waals surface area contributed by atoms with Crippen LogP contribution in [0.1, 0.15) is 25.3 Å². The summed E-state index contributed by atoms with van der Waals surface area (Å²) in [6.45, 7) is 2.22. The van der Waals surface area contributed by atoms with Gasteiger partial charge in [0, 0.05) is 25.6 Å². The molecule has 5 aromatic rings. The van der Waals surface area contributed by atoms with Gasteiger partial charge in [-0.1, -0.05) is 86.2 Å². The van der Waals surface area contributed by atoms with Gasteiger partial charge in [-0.15, -0.1) is 11.3 Å². The lowest BCUT2D eigenvalue weighted by atomic mass is 10.00. The Morgan fingerprint density at radius 3 is 2.46 bits per heavy atom. The third-order valence-electron chi connectivity index (χ3n) is 5.15. The Kier molecular flexibility index (Phi) is 3.76. The van der Waals surface area contributed by atoms with E-state index in [0.717, 1.165) is 6.42 Å². The quantitative estimate of drug-likeness (QED) is 0.287. The van der Waals surface area contributed by atoms with Gasteiger partial charge in [-0.2, -0.15) is 0 Å². The Labute approximate surface area is 157 Å². The van der Waals surface area contributed by atoms with Gasteiger partial charge in [-0.3, -0.25) is 0 Å². The summed E-state index contributed by atoms with van der Waals surface area (Å²) in [6.07, 6.45) is 6.86. The molecule has 0 N–H and O–H groups in total. The molecule has 0 saturated heterocycles. The second-order valence-electron chi connectivity index (χ2n) is 6.87. The molecule has 1 aromatic heterocycles. The minimum absolute atomic E-state index is 1.14. The molecule has 0 nitrogen and oxygen atoms in total. The Hall–Kier alpha value is -2.64. The van der Waals surface area contributed by atoms with Crippen molar-refractivity contribution >= 4 is 59.1 Å². The number of rotatable bonds is 3. The summed E-state index contributed by atoms with van der Waals surface area (Å²) in [5.41, 5.74) is 1.30. The molecule has 0 unspecified atom stereocenters. The van der Waals surface area contributed by atoms with Gasteiger partial charge >= 0.3 is 0 Å². The molecule has 0 saturated carbocycles. The van der Waals surface area contributed by atoms with Crippen LogP contribution >= 0.6 is 11.3 Å². The number of hydrogen-bond acceptors (Lipinski definition) is 1. The van der Waals surface area contributed by atoms with Gasteiger partial charge < -0.3 is 0 Å². The van der Waals surface area contributed by atoms with Crippen molar-refractivity contribution in [2.24, 2.45) is 0 Å². The van der Waals surface area contributed by atoms with Crippen LogP contribution in [-0.4, -0.2) is 0 Å². The maximum absolute atomic E-state index is 2.33. The minimum atomic E-state index is 1.14. The average molecular weight is 353 g/mol. The van der Waals surface area contributed by atoms with E-state index >= 15 is 0 Å². The normalized spacial score (nSPS) is 12.2. The van der Waals surface area contributed by atoms with E-state index < -0.39 is 0 Å². The predicted octanol–water partition coefficient (Wildman–Crippen LogP) is 8.17. The first kappa shape index (κ1) is 15.6. The van der Waals surface area contributed by atoms with Crippen molar-refractivity contribution in [3.8, 4) is 0 Å². The minimum Gasteiger partial charge on any atom is -0.135 e. The molecule has 0 aliphatic rings. The molecule has 1 heteroatoms. The first-order valence-electron chi connectivity index (χ1n) is 9.28. The van der Waals surface area contributed by atoms with E-state index in [9.17, 15) is 0 Å². The van der Waals surface area contributed by atoms with Crippen LogP contribution in [0.2, 0.25) is 0 Å². The fraction of sp³-hybridized carbons (Fsp3) is 0.120. The third kappa shape index (κ3) is 2.43. The Morgan fingerprint density at radius 2 is 1.54 bits per heavy atom. The van der Waals surface area contributed by atoms with Crippen molar-refractivity contribution in [2.75, 3.05) is 0 Å². The summed E-state index contributed by atoms with van der Waals surface area (Å²) in [5.74, 6) is 0. The fourth-order valence-electron chi connectivity index (χ4n) is 3.83. The molecule has 0 bridgehead atoms. The topological polar surface area (TPSA) is 0 Å². The molecule has 5 rings (SSSR count). The van der Waals surface area contributed by atoms with Gasteiger partial charge in [0.1, 0.15) is 0 Å². The van der Waals surface area contributed by atoms with Gasteiger partial charge in [-0.25, -0.2) is 0 Å². The molecule has 0 fully saturated rings. The first-order valence-corrected chi connectivity index (χ1v) is 10.1. The van der Waals surface area contributed by atoms with Crippen LogP contribution in [0.25, 0.3) is 47.8 Å². The van der Waals surface area contributed by atoms with Gasteiger partial charge in [0.2, 0.25) is 0 Å². The number of unbranched alkanes of at least 4 members (excludes halogenated alkanes) is 1. The zero-order valence-corrected chi connectivity index (χ0v) is 15.6. The zero-order valence-electron chi connectivity index (χ0n) is 14.8. The van der Waals surface area contributed by atoms with E-state index in [0.29, 0.717) is 0 Å². The Morgan fingerprint density at radius 1 is 0.769 bits per heavy atom. The van der Waals surface area contributed by atoms with Gasteiger partial charge in [0.05, 0.1) is 0 Å². The summed E-state index contributed by atoms with van der Waals surface area (Å²) in [6, 6.07) is 24.7. The van der Waals surface area contributed by atoms with Crippen LogP contribution < -0.4 is 0 Å². The van der Waals surface area contributed by atoms with Gasteiger partial charge in [0.15, 0.2) is 0 Å². The molecule has 4 aromatic carbocycles. The van der Waals surface area contributed by atoms with Gasteiger partial charge in [-0.05, 0) is 34.2 Å². The summed E-state index contributed by atoms with van der Waals surface area (Å²) < 4.78 is 2.78. The predicted molar refractivity (Wildman–Crippen MR) is 118 cm³/mol. The second kappa shape index (κ2) is 6.26. The highest BCUT2D eigenvalue weighted by atomic mass is 32.1. The maximum atomic E-state index is 2.33. The monoisotopic (exact) mass is 352 g/mol. The molecule has 0 radical (unpaired) electrons. The van der Waals surface area contributed by atoms with E-state index in [4.69, 9.17) is 0 Å². The summed E-state index contributed by atoms with van der Waals surface area (Å²) in [4.78, 5) is 0. The Balaban J connectivity index is 1.78. The van der Waals surface area contributed by atoms with E-state index in [1.807, 2.05) is 11.3 Å². The van der Waals surface area contributed by atoms with Crippen molar-refractivity contribution in [3.05, 3.63) is 78.4 Å². The SMILES string of the molecule is CCCC=Cc1ccc2c(c1)sc1c2ccc2c3ccccc3ccc21. The van der Waals surface area contributed by atoms with Crippen molar-refractivity contribution in [2.45, 2.75) is 19.8 Å². The van der Waals surface area contributed by atoms with Crippen LogP contribution in [0.4, 0.5) is 0 Å². The number of allylic oxidation sites excluding steroid dienone is 1. The third-order valence-corrected chi connectivity index (χ3v) is 6.35.